The number of esters is 1. The summed E-state index contributed by atoms with van der Waals surface area (Å²) in [5.41, 5.74) is -0.407. The number of hydrogen-bond acceptors (Lipinski definition) is 10. The Morgan fingerprint density at radius 2 is 1.67 bits per heavy atom. The summed E-state index contributed by atoms with van der Waals surface area (Å²) >= 11 is 4.73. The number of nitrogens with zero attached hydrogens (tertiary/aromatic N) is 2. The van der Waals surface area contributed by atoms with Crippen molar-refractivity contribution in [3.05, 3.63) is 38.3 Å². The highest BCUT2D eigenvalue weighted by atomic mass is 79.9. The van der Waals surface area contributed by atoms with Gasteiger partial charge in [0.05, 0.1) is 16.8 Å². The molecule has 1 aromatic rings. The van der Waals surface area contributed by atoms with Crippen molar-refractivity contribution < 1.29 is 43.6 Å². The fourth-order valence-electron chi connectivity index (χ4n) is 3.82. The number of rotatable bonds is 12. The molecule has 0 aliphatic heterocycles. The normalized spacial score (nSPS) is 14.4. The first-order valence-electron chi connectivity index (χ1n) is 14.5. The lowest BCUT2D eigenvalue weighted by atomic mass is 10.1. The molecule has 0 aliphatic carbocycles. The number of aliphatic hydroxyl groups excluding tert-OH is 1. The van der Waals surface area contributed by atoms with Crippen molar-refractivity contribution in [3.63, 3.8) is 0 Å². The number of carbonyl (C=O) groups is 4. The number of thiazole rings is 1. The number of carbonyl (C=O) groups excluding carboxylic acids is 3. The van der Waals surface area contributed by atoms with Gasteiger partial charge in [0.25, 0.3) is 0 Å². The molecule has 2 N–H and O–H groups in total. The molecule has 1 aromatic heterocycles. The molecule has 0 saturated heterocycles. The monoisotopic (exact) mass is 712 g/mol. The molecule has 0 spiro atoms. The molecular formula is C32H45BrN2O9S. The van der Waals surface area contributed by atoms with Crippen LogP contribution < -0.4 is 0 Å². The van der Waals surface area contributed by atoms with Crippen LogP contribution >= 0.6 is 27.3 Å². The van der Waals surface area contributed by atoms with E-state index >= 15 is 0 Å². The van der Waals surface area contributed by atoms with Crippen LogP contribution in [0.25, 0.3) is 0 Å². The van der Waals surface area contributed by atoms with Gasteiger partial charge in [0, 0.05) is 17.7 Å². The molecule has 0 bridgehead atoms. The van der Waals surface area contributed by atoms with Gasteiger partial charge in [0.2, 0.25) is 0 Å². The molecule has 1 rings (SSSR count). The van der Waals surface area contributed by atoms with Gasteiger partial charge in [-0.05, 0) is 105 Å². The van der Waals surface area contributed by atoms with Crippen molar-refractivity contribution in [1.29, 1.82) is 0 Å². The van der Waals surface area contributed by atoms with Gasteiger partial charge < -0.3 is 24.4 Å². The summed E-state index contributed by atoms with van der Waals surface area (Å²) < 4.78 is 16.9. The Morgan fingerprint density at radius 1 is 1.09 bits per heavy atom. The first-order chi connectivity index (χ1) is 20.7. The van der Waals surface area contributed by atoms with Gasteiger partial charge in [-0.2, -0.15) is 4.90 Å². The molecule has 11 nitrogen and oxygen atoms in total. The number of halogens is 1. The van der Waals surface area contributed by atoms with E-state index in [0.29, 0.717) is 41.3 Å². The fourth-order valence-corrected chi connectivity index (χ4v) is 4.99. The van der Waals surface area contributed by atoms with Gasteiger partial charge in [-0.25, -0.2) is 24.2 Å². The Bertz CT molecular complexity index is 1280. The third-order valence-electron chi connectivity index (χ3n) is 5.45. The molecule has 250 valence electrons. The lowest BCUT2D eigenvalue weighted by Crippen LogP contribution is -2.52. The number of aliphatic hydroxyl groups is 1. The SMILES string of the molecule is C/C(Br)=C\[C@H](Cc1nc(CCC[C@@H](C(=O)O)N(C(=O)OC(C)(C)C)C(=O)OC(C)(C)C)cs1)OC(=O)C#C/C=C(\C)C[C@H](C)O. The number of aryl methyl sites for hydroxylation is 1. The summed E-state index contributed by atoms with van der Waals surface area (Å²) in [5, 5.41) is 21.9. The number of allylic oxidation sites excluding steroid dienone is 2. The largest absolute Gasteiger partial charge is 0.480 e. The Labute approximate surface area is 278 Å². The lowest BCUT2D eigenvalue weighted by molar-refractivity contribution is -0.143. The molecule has 0 radical (unpaired) electrons. The van der Waals surface area contributed by atoms with Crippen LogP contribution in [0.1, 0.15) is 92.3 Å². The zero-order valence-corrected chi connectivity index (χ0v) is 29.8. The van der Waals surface area contributed by atoms with Gasteiger partial charge in [0.15, 0.2) is 0 Å². The van der Waals surface area contributed by atoms with E-state index in [-0.39, 0.29) is 6.42 Å². The Morgan fingerprint density at radius 3 is 2.16 bits per heavy atom. The number of hydrogen-bond donors (Lipinski definition) is 2. The number of aromatic nitrogens is 1. The first-order valence-corrected chi connectivity index (χ1v) is 16.1. The van der Waals surface area contributed by atoms with Gasteiger partial charge in [0.1, 0.15) is 23.3 Å². The average molecular weight is 714 g/mol. The zero-order chi connectivity index (χ0) is 34.5. The minimum absolute atomic E-state index is 0.0593. The van der Waals surface area contributed by atoms with Crippen LogP contribution in [0, 0.1) is 11.8 Å². The number of ether oxygens (including phenoxy) is 3. The quantitative estimate of drug-likeness (QED) is 0.105. The molecular weight excluding hydrogens is 668 g/mol. The van der Waals surface area contributed by atoms with Crippen molar-refractivity contribution >= 4 is 51.4 Å². The number of imide groups is 1. The molecule has 2 amide bonds. The molecule has 3 atom stereocenters. The van der Waals surface area contributed by atoms with Gasteiger partial charge >= 0.3 is 24.1 Å². The van der Waals surface area contributed by atoms with Crippen molar-refractivity contribution in [2.75, 3.05) is 0 Å². The van der Waals surface area contributed by atoms with Crippen LogP contribution in [0.5, 0.6) is 0 Å². The number of aliphatic carboxylic acids is 1. The smallest absolute Gasteiger partial charge is 0.420 e. The second-order valence-corrected chi connectivity index (χ2v) is 14.7. The molecule has 13 heteroatoms. The second-order valence-electron chi connectivity index (χ2n) is 12.5. The third-order valence-corrected chi connectivity index (χ3v) is 6.63. The molecule has 0 unspecified atom stereocenters. The Balaban J connectivity index is 2.98. The molecule has 45 heavy (non-hydrogen) atoms. The van der Waals surface area contributed by atoms with Crippen molar-refractivity contribution in [1.82, 2.24) is 9.88 Å². The minimum Gasteiger partial charge on any atom is -0.480 e. The summed E-state index contributed by atoms with van der Waals surface area (Å²) in [6.07, 6.45) is 1.29. The molecule has 0 aromatic carbocycles. The maximum Gasteiger partial charge on any atom is 0.420 e. The Kier molecular flexibility index (Phi) is 16.0. The highest BCUT2D eigenvalue weighted by Crippen LogP contribution is 2.22. The van der Waals surface area contributed by atoms with Crippen LogP contribution in [0.3, 0.4) is 0 Å². The standard InChI is InChI=1S/C32H45BrN2O9S/c1-20(16-22(3)36)12-10-15-27(37)42-24(17-21(2)33)18-26-34-23(19-45-26)13-11-14-25(28(38)39)35(29(40)43-31(4,5)6)30(41)44-32(7,8)9/h12,17,19,22,24-25,36H,11,13-14,16,18H2,1-9H3,(H,38,39)/b20-12+,21-17+/t22-,24+,25-/m0/s1. The topological polar surface area (TPSA) is 153 Å². The van der Waals surface area contributed by atoms with E-state index in [1.807, 2.05) is 12.3 Å². The van der Waals surface area contributed by atoms with Crippen molar-refractivity contribution in [2.45, 2.75) is 124 Å². The number of carboxylic acids is 1. The summed E-state index contributed by atoms with van der Waals surface area (Å²) in [6, 6.07) is -1.52. The van der Waals surface area contributed by atoms with Gasteiger partial charge in [-0.3, -0.25) is 0 Å². The van der Waals surface area contributed by atoms with Crippen LogP contribution in [-0.4, -0.2) is 73.7 Å². The van der Waals surface area contributed by atoms with E-state index in [0.717, 1.165) is 10.1 Å². The molecule has 0 fully saturated rings. The predicted octanol–water partition coefficient (Wildman–Crippen LogP) is 6.56. The van der Waals surface area contributed by atoms with Crippen molar-refractivity contribution in [3.8, 4) is 11.8 Å². The summed E-state index contributed by atoms with van der Waals surface area (Å²) in [5.74, 6) is 3.01. The number of amides is 2. The van der Waals surface area contributed by atoms with E-state index in [2.05, 4.69) is 32.8 Å². The van der Waals surface area contributed by atoms with E-state index < -0.39 is 53.6 Å². The minimum atomic E-state index is -1.52. The number of carboxylic acid groups (broad SMARTS) is 1. The lowest BCUT2D eigenvalue weighted by Gasteiger charge is -2.31. The second kappa shape index (κ2) is 18.1. The summed E-state index contributed by atoms with van der Waals surface area (Å²) in [7, 11) is 0. The predicted molar refractivity (Wildman–Crippen MR) is 175 cm³/mol. The fraction of sp³-hybridized carbons (Fsp3) is 0.594. The maximum absolute atomic E-state index is 12.9. The molecule has 0 saturated carbocycles. The van der Waals surface area contributed by atoms with Crippen LogP contribution in [-0.2, 0) is 36.6 Å². The third kappa shape index (κ3) is 17.2. The summed E-state index contributed by atoms with van der Waals surface area (Å²) in [6.45, 7) is 15.0. The van der Waals surface area contributed by atoms with E-state index in [1.165, 1.54) is 11.3 Å². The highest BCUT2D eigenvalue weighted by molar-refractivity contribution is 9.11. The van der Waals surface area contributed by atoms with Crippen LogP contribution in [0.4, 0.5) is 9.59 Å². The van der Waals surface area contributed by atoms with Gasteiger partial charge in [-0.1, -0.05) is 27.4 Å². The van der Waals surface area contributed by atoms with E-state index in [9.17, 15) is 29.4 Å². The summed E-state index contributed by atoms with van der Waals surface area (Å²) in [4.78, 5) is 55.5. The average Bonchev–Trinajstić information content (AvgIpc) is 3.26. The van der Waals surface area contributed by atoms with E-state index in [1.54, 1.807) is 67.5 Å². The Hall–Kier alpha value is -3.21. The highest BCUT2D eigenvalue weighted by Gasteiger charge is 2.40. The molecule has 0 aliphatic rings. The van der Waals surface area contributed by atoms with Crippen LogP contribution in [0.2, 0.25) is 0 Å². The first kappa shape index (κ1) is 39.8. The zero-order valence-electron chi connectivity index (χ0n) is 27.4. The maximum atomic E-state index is 12.9. The molecule has 1 heterocycles. The van der Waals surface area contributed by atoms with E-state index in [4.69, 9.17) is 14.2 Å². The van der Waals surface area contributed by atoms with Gasteiger partial charge in [-0.15, -0.1) is 11.3 Å². The van der Waals surface area contributed by atoms with Crippen molar-refractivity contribution in [2.24, 2.45) is 0 Å². The van der Waals surface area contributed by atoms with Crippen LogP contribution in [0.15, 0.2) is 27.6 Å².